The van der Waals surface area contributed by atoms with Crippen LogP contribution in [0.4, 0.5) is 0 Å². The summed E-state index contributed by atoms with van der Waals surface area (Å²) in [5, 5.41) is 2.45. The van der Waals surface area contributed by atoms with Gasteiger partial charge >= 0.3 is 0 Å². The highest BCUT2D eigenvalue weighted by atomic mass is 32.1. The van der Waals surface area contributed by atoms with Crippen molar-refractivity contribution in [1.29, 1.82) is 0 Å². The summed E-state index contributed by atoms with van der Waals surface area (Å²) in [6.45, 7) is 7.24. The van der Waals surface area contributed by atoms with Crippen LogP contribution in [0, 0.1) is 13.8 Å². The van der Waals surface area contributed by atoms with Crippen molar-refractivity contribution < 1.29 is 4.74 Å². The van der Waals surface area contributed by atoms with E-state index in [1.165, 1.54) is 32.7 Å². The molecule has 4 nitrogen and oxygen atoms in total. The molecule has 3 aromatic rings. The van der Waals surface area contributed by atoms with Crippen LogP contribution in [0.15, 0.2) is 18.2 Å². The normalized spacial score (nSPS) is 15.1. The summed E-state index contributed by atoms with van der Waals surface area (Å²) >= 11 is 1.79. The van der Waals surface area contributed by atoms with E-state index in [0.29, 0.717) is 0 Å². The first-order chi connectivity index (χ1) is 11.1. The van der Waals surface area contributed by atoms with E-state index < -0.39 is 0 Å². The summed E-state index contributed by atoms with van der Waals surface area (Å²) in [6.07, 6.45) is 1.06. The number of nitrogens with one attached hydrogen (secondary N) is 1. The zero-order valence-electron chi connectivity index (χ0n) is 13.8. The first kappa shape index (κ1) is 14.7. The molecule has 0 aliphatic carbocycles. The Balaban J connectivity index is 1.64. The van der Waals surface area contributed by atoms with Crippen LogP contribution in [0.2, 0.25) is 0 Å². The lowest BCUT2D eigenvalue weighted by Crippen LogP contribution is -2.30. The van der Waals surface area contributed by atoms with E-state index >= 15 is 0 Å². The second kappa shape index (κ2) is 5.65. The summed E-state index contributed by atoms with van der Waals surface area (Å²) < 4.78 is 5.39. The smallest absolute Gasteiger partial charge is 0.119 e. The number of rotatable bonds is 3. The van der Waals surface area contributed by atoms with Gasteiger partial charge in [-0.3, -0.25) is 4.90 Å². The lowest BCUT2D eigenvalue weighted by molar-refractivity contribution is 0.243. The molecule has 0 atom stereocenters. The van der Waals surface area contributed by atoms with E-state index in [2.05, 4.69) is 40.8 Å². The third kappa shape index (κ3) is 2.64. The zero-order chi connectivity index (χ0) is 16.0. The molecule has 1 aromatic carbocycles. The molecule has 1 N–H and O–H groups in total. The van der Waals surface area contributed by atoms with E-state index in [4.69, 9.17) is 4.74 Å². The van der Waals surface area contributed by atoms with Crippen LogP contribution < -0.4 is 4.74 Å². The van der Waals surface area contributed by atoms with Gasteiger partial charge in [0.15, 0.2) is 0 Å². The van der Waals surface area contributed by atoms with E-state index in [9.17, 15) is 0 Å². The molecule has 3 heterocycles. The van der Waals surface area contributed by atoms with E-state index in [1.807, 2.05) is 6.07 Å². The second-order valence-corrected chi connectivity index (χ2v) is 7.60. The number of ether oxygens (including phenoxy) is 1. The summed E-state index contributed by atoms with van der Waals surface area (Å²) in [5.41, 5.74) is 5.22. The van der Waals surface area contributed by atoms with Crippen molar-refractivity contribution in [3.8, 4) is 5.75 Å². The number of hydrogen-bond acceptors (Lipinski definition) is 4. The third-order valence-electron chi connectivity index (χ3n) is 4.63. The van der Waals surface area contributed by atoms with Crippen LogP contribution in [0.1, 0.15) is 26.8 Å². The van der Waals surface area contributed by atoms with Crippen LogP contribution in [0.3, 0.4) is 0 Å². The largest absolute Gasteiger partial charge is 0.497 e. The maximum Gasteiger partial charge on any atom is 0.119 e. The number of hydrogen-bond donors (Lipinski definition) is 1. The van der Waals surface area contributed by atoms with E-state index in [0.717, 1.165) is 36.8 Å². The molecule has 0 bridgehead atoms. The molecule has 1 aliphatic heterocycles. The Morgan fingerprint density at radius 2 is 2.22 bits per heavy atom. The Bertz CT molecular complexity index is 865. The monoisotopic (exact) mass is 327 g/mol. The molecule has 2 aromatic heterocycles. The minimum absolute atomic E-state index is 0.919. The Kier molecular flexibility index (Phi) is 3.62. The van der Waals surface area contributed by atoms with Gasteiger partial charge in [-0.1, -0.05) is 0 Å². The van der Waals surface area contributed by atoms with Gasteiger partial charge in [-0.15, -0.1) is 11.3 Å². The average Bonchev–Trinajstić information content (AvgIpc) is 3.06. The molecule has 23 heavy (non-hydrogen) atoms. The third-order valence-corrected chi connectivity index (χ3v) is 5.56. The van der Waals surface area contributed by atoms with Crippen molar-refractivity contribution in [2.75, 3.05) is 13.7 Å². The summed E-state index contributed by atoms with van der Waals surface area (Å²) in [4.78, 5) is 12.1. The van der Waals surface area contributed by atoms with Crippen molar-refractivity contribution in [2.24, 2.45) is 0 Å². The Morgan fingerprint density at radius 3 is 2.96 bits per heavy atom. The van der Waals surface area contributed by atoms with Crippen LogP contribution in [0.5, 0.6) is 5.75 Å². The summed E-state index contributed by atoms with van der Waals surface area (Å²) in [6, 6.07) is 6.28. The first-order valence-electron chi connectivity index (χ1n) is 7.97. The van der Waals surface area contributed by atoms with Gasteiger partial charge in [0, 0.05) is 47.5 Å². The number of nitrogens with zero attached hydrogens (tertiary/aromatic N) is 2. The van der Waals surface area contributed by atoms with Gasteiger partial charge in [0.05, 0.1) is 17.8 Å². The molecule has 4 rings (SSSR count). The predicted molar refractivity (Wildman–Crippen MR) is 94.3 cm³/mol. The Hall–Kier alpha value is -1.85. The minimum atomic E-state index is 0.919. The number of thiazole rings is 1. The minimum Gasteiger partial charge on any atom is -0.497 e. The fourth-order valence-corrected chi connectivity index (χ4v) is 4.27. The highest BCUT2D eigenvalue weighted by molar-refractivity contribution is 7.11. The van der Waals surface area contributed by atoms with Gasteiger partial charge < -0.3 is 9.72 Å². The number of benzene rings is 1. The van der Waals surface area contributed by atoms with Gasteiger partial charge in [0.25, 0.3) is 0 Å². The molecule has 0 saturated carbocycles. The van der Waals surface area contributed by atoms with Gasteiger partial charge in [0.1, 0.15) is 5.75 Å². The fraction of sp³-hybridized carbons (Fsp3) is 0.389. The molecule has 0 amide bonds. The fourth-order valence-electron chi connectivity index (χ4n) is 3.44. The summed E-state index contributed by atoms with van der Waals surface area (Å²) in [5.74, 6) is 0.919. The molecule has 120 valence electrons. The molecule has 0 unspecified atom stereocenters. The molecular formula is C18H21N3OS. The maximum absolute atomic E-state index is 5.39. The van der Waals surface area contributed by atoms with Gasteiger partial charge in [-0.05, 0) is 37.6 Å². The average molecular weight is 327 g/mol. The molecule has 0 spiro atoms. The number of aryl methyl sites for hydroxylation is 2. The van der Waals surface area contributed by atoms with E-state index in [-0.39, 0.29) is 0 Å². The molecular weight excluding hydrogens is 306 g/mol. The highest BCUT2D eigenvalue weighted by Crippen LogP contribution is 2.31. The van der Waals surface area contributed by atoms with Crippen LogP contribution in [0.25, 0.3) is 10.9 Å². The number of fused-ring (bicyclic) bond motifs is 3. The summed E-state index contributed by atoms with van der Waals surface area (Å²) in [7, 11) is 1.72. The molecule has 0 radical (unpaired) electrons. The van der Waals surface area contributed by atoms with Crippen LogP contribution in [-0.2, 0) is 19.5 Å². The number of H-pyrrole nitrogens is 1. The van der Waals surface area contributed by atoms with Crippen molar-refractivity contribution >= 4 is 22.2 Å². The van der Waals surface area contributed by atoms with Gasteiger partial charge in [-0.25, -0.2) is 4.98 Å². The Labute approximate surface area is 140 Å². The quantitative estimate of drug-likeness (QED) is 0.795. The van der Waals surface area contributed by atoms with Gasteiger partial charge in [0.2, 0.25) is 0 Å². The molecule has 1 aliphatic rings. The lowest BCUT2D eigenvalue weighted by Gasteiger charge is -2.26. The lowest BCUT2D eigenvalue weighted by atomic mass is 10.0. The topological polar surface area (TPSA) is 41.1 Å². The molecule has 5 heteroatoms. The number of aromatic nitrogens is 2. The standard InChI is InChI=1S/C18H21N3OS/c1-11-18(19-12(2)23-11)10-21-7-6-17-15(9-21)14-8-13(22-3)4-5-16(14)20-17/h4-5,8,20H,6-7,9-10H2,1-3H3. The number of aromatic amines is 1. The molecule has 0 fully saturated rings. The SMILES string of the molecule is COc1ccc2[nH]c3c(c2c1)CN(Cc1nc(C)sc1C)CC3. The van der Waals surface area contributed by atoms with E-state index in [1.54, 1.807) is 18.4 Å². The highest BCUT2D eigenvalue weighted by Gasteiger charge is 2.22. The molecule has 0 saturated heterocycles. The van der Waals surface area contributed by atoms with Crippen molar-refractivity contribution in [1.82, 2.24) is 14.9 Å². The van der Waals surface area contributed by atoms with Crippen molar-refractivity contribution in [2.45, 2.75) is 33.4 Å². The zero-order valence-corrected chi connectivity index (χ0v) is 14.6. The second-order valence-electron chi connectivity index (χ2n) is 6.19. The van der Waals surface area contributed by atoms with Crippen LogP contribution in [-0.4, -0.2) is 28.5 Å². The number of methoxy groups -OCH3 is 1. The maximum atomic E-state index is 5.39. The first-order valence-corrected chi connectivity index (χ1v) is 8.78. The van der Waals surface area contributed by atoms with Crippen molar-refractivity contribution in [3.63, 3.8) is 0 Å². The Morgan fingerprint density at radius 1 is 1.35 bits per heavy atom. The van der Waals surface area contributed by atoms with Crippen molar-refractivity contribution in [3.05, 3.63) is 45.0 Å². The van der Waals surface area contributed by atoms with Crippen LogP contribution >= 0.6 is 11.3 Å². The predicted octanol–water partition coefficient (Wildman–Crippen LogP) is 3.81. The van der Waals surface area contributed by atoms with Gasteiger partial charge in [-0.2, -0.15) is 0 Å².